The summed E-state index contributed by atoms with van der Waals surface area (Å²) in [5.41, 5.74) is -1.43. The number of carbonyl (C=O) groups excluding carboxylic acids is 11. The maximum atomic E-state index is 14.3. The second kappa shape index (κ2) is 51.2. The molecule has 0 bridgehead atoms. The van der Waals surface area contributed by atoms with Crippen LogP contribution in [0.1, 0.15) is 168 Å². The van der Waals surface area contributed by atoms with Crippen molar-refractivity contribution in [3.05, 3.63) is 55.0 Å². The van der Waals surface area contributed by atoms with Crippen molar-refractivity contribution in [1.82, 2.24) is 53.2 Å². The average Bonchev–Trinajstić information content (AvgIpc) is 1.74. The lowest BCUT2D eigenvalue weighted by atomic mass is 9.83. The van der Waals surface area contributed by atoms with Crippen LogP contribution in [0.5, 0.6) is 5.75 Å². The molecule has 3 aliphatic heterocycles. The van der Waals surface area contributed by atoms with Gasteiger partial charge in [-0.25, -0.2) is 0 Å². The minimum Gasteiger partial charge on any atom is -0.471 e. The van der Waals surface area contributed by atoms with Crippen LogP contribution in [0.2, 0.25) is 0 Å². The van der Waals surface area contributed by atoms with Crippen molar-refractivity contribution < 1.29 is 136 Å². The molecule has 0 spiro atoms. The molecule has 3 fully saturated rings. The van der Waals surface area contributed by atoms with Gasteiger partial charge in [-0.2, -0.15) is 0 Å². The van der Waals surface area contributed by atoms with Crippen LogP contribution in [0, 0.1) is 0 Å². The van der Waals surface area contributed by atoms with Gasteiger partial charge in [0, 0.05) is 141 Å². The van der Waals surface area contributed by atoms with E-state index in [0.29, 0.717) is 77.0 Å². The quantitative estimate of drug-likeness (QED) is 0.0110. The Labute approximate surface area is 689 Å². The molecule has 0 saturated carbocycles. The molecule has 10 amide bonds. The van der Waals surface area contributed by atoms with Crippen molar-refractivity contribution in [2.45, 2.75) is 266 Å². The number of benzene rings is 3. The lowest BCUT2D eigenvalue weighted by Crippen LogP contribution is -2.64. The van der Waals surface area contributed by atoms with Crippen molar-refractivity contribution in [1.29, 1.82) is 0 Å². The molecule has 0 aliphatic carbocycles. The van der Waals surface area contributed by atoms with E-state index < -0.39 is 177 Å². The standard InChI is InChI=1S/C81H122N10O28/c1-48(95)88-69-75(109)72(106)58(43-92)117-78(69)113-39-10-4-7-16-61(98)82-33-13-36-85-64(101)27-30-81(91-67(104)25-26-68(105)116-53-22-19-51-20-23-55-54(56(51)42-53)24-21-52-46-112-47-57(52)55,31-28-65(102)86-37-14-34-83-62(99)17-8-5-11-40-114-79-70(89-49(2)96)76(110)73(107)59(44-93)118-79)32-29-66(103)87-38-15-35-84-63(100)18-9-6-12-41-115-80-71(90-50(3)97)77(111)74(108)60(45-94)119-80/h19-24,42,46-47,58-60,69-80,92-94,106-111H,4-18,25-41,43-45H2,1-3H3,(H,82,98)(H,83,99)(H,84,100)(H,85,101)(H,86,102)(H,87,103)(H,88,95)(H,89,96)(H,90,97)(H,91,104)/t58-,59-,60-,69-,70-,71-,72+,73+,74+,75-,76-,77-,78+,79+,80+/m1/s1. The summed E-state index contributed by atoms with van der Waals surface area (Å²) in [6.45, 7) is 3.26. The van der Waals surface area contributed by atoms with Crippen molar-refractivity contribution in [2.75, 3.05) is 78.9 Å². The number of hydrogen-bond donors (Lipinski definition) is 19. The molecule has 119 heavy (non-hydrogen) atoms. The van der Waals surface area contributed by atoms with Gasteiger partial charge in [-0.15, -0.1) is 0 Å². The van der Waals surface area contributed by atoms with Crippen LogP contribution in [-0.4, -0.2) is 287 Å². The normalized spacial score (nSPS) is 23.1. The van der Waals surface area contributed by atoms with Gasteiger partial charge in [0.25, 0.3) is 0 Å². The number of furan rings is 1. The number of ether oxygens (including phenoxy) is 7. The highest BCUT2D eigenvalue weighted by atomic mass is 16.7. The predicted octanol–water partition coefficient (Wildman–Crippen LogP) is -0.950. The molecular formula is C81H122N10O28. The fraction of sp³-hybridized carbons (Fsp3) is 0.667. The molecule has 7 rings (SSSR count). The Morgan fingerprint density at radius 3 is 1.07 bits per heavy atom. The largest absolute Gasteiger partial charge is 0.471 e. The average molecular weight is 1680 g/mol. The van der Waals surface area contributed by atoms with Crippen LogP contribution in [0.15, 0.2) is 59.4 Å². The zero-order valence-corrected chi connectivity index (χ0v) is 67.9. The highest BCUT2D eigenvalue weighted by Crippen LogP contribution is 2.35. The fourth-order valence-corrected chi connectivity index (χ4v) is 14.3. The molecule has 38 nitrogen and oxygen atoms in total. The molecule has 19 N–H and O–H groups in total. The van der Waals surface area contributed by atoms with E-state index in [0.717, 1.165) is 32.3 Å². The van der Waals surface area contributed by atoms with Crippen LogP contribution in [0.3, 0.4) is 0 Å². The van der Waals surface area contributed by atoms with E-state index in [9.17, 15) is 98.7 Å². The first-order valence-corrected chi connectivity index (χ1v) is 41.1. The Kier molecular flexibility index (Phi) is 41.9. The monoisotopic (exact) mass is 1680 g/mol. The van der Waals surface area contributed by atoms with E-state index >= 15 is 0 Å². The van der Waals surface area contributed by atoms with Gasteiger partial charge in [-0.1, -0.05) is 49.6 Å². The predicted molar refractivity (Wildman–Crippen MR) is 426 cm³/mol. The second-order valence-electron chi connectivity index (χ2n) is 30.3. The zero-order chi connectivity index (χ0) is 86.4. The van der Waals surface area contributed by atoms with E-state index in [1.807, 2.05) is 30.3 Å². The van der Waals surface area contributed by atoms with E-state index in [1.54, 1.807) is 24.7 Å². The van der Waals surface area contributed by atoms with Crippen LogP contribution >= 0.6 is 0 Å². The van der Waals surface area contributed by atoms with E-state index in [4.69, 9.17) is 37.6 Å². The second-order valence-corrected chi connectivity index (χ2v) is 30.3. The van der Waals surface area contributed by atoms with Gasteiger partial charge in [0.05, 0.1) is 38.8 Å². The van der Waals surface area contributed by atoms with Gasteiger partial charge < -0.3 is 137 Å². The molecule has 0 unspecified atom stereocenters. The summed E-state index contributed by atoms with van der Waals surface area (Å²) >= 11 is 0. The zero-order valence-electron chi connectivity index (χ0n) is 67.9. The van der Waals surface area contributed by atoms with E-state index in [1.165, 1.54) is 20.8 Å². The number of hydrogen-bond acceptors (Lipinski definition) is 28. The first-order valence-electron chi connectivity index (χ1n) is 41.1. The molecule has 3 saturated heterocycles. The Hall–Kier alpha value is -8.71. The molecule has 1 aromatic heterocycles. The van der Waals surface area contributed by atoms with E-state index in [-0.39, 0.29) is 140 Å². The third-order valence-corrected chi connectivity index (χ3v) is 20.9. The maximum absolute atomic E-state index is 14.3. The summed E-state index contributed by atoms with van der Waals surface area (Å²) in [7, 11) is 0. The number of nitrogens with one attached hydrogen (secondary N) is 10. The number of carbonyl (C=O) groups is 11. The molecule has 4 aromatic rings. The lowest BCUT2D eigenvalue weighted by molar-refractivity contribution is -0.270. The van der Waals surface area contributed by atoms with Gasteiger partial charge in [-0.05, 0) is 111 Å². The number of amides is 10. The maximum Gasteiger partial charge on any atom is 0.311 e. The summed E-state index contributed by atoms with van der Waals surface area (Å²) < 4.78 is 45.3. The number of rotatable bonds is 53. The smallest absolute Gasteiger partial charge is 0.311 e. The van der Waals surface area contributed by atoms with Crippen LogP contribution in [-0.2, 0) is 81.2 Å². The molecule has 15 atom stereocenters. The van der Waals surface area contributed by atoms with Gasteiger partial charge in [0.2, 0.25) is 59.1 Å². The summed E-state index contributed by atoms with van der Waals surface area (Å²) in [5, 5.41) is 124. The van der Waals surface area contributed by atoms with Crippen LogP contribution < -0.4 is 57.9 Å². The number of aliphatic hydroxyl groups excluding tert-OH is 9. The first-order chi connectivity index (χ1) is 57.1. The number of esters is 1. The summed E-state index contributed by atoms with van der Waals surface area (Å²) in [4.78, 5) is 143. The molecule has 3 aliphatic rings. The Morgan fingerprint density at radius 1 is 0.361 bits per heavy atom. The lowest BCUT2D eigenvalue weighted by Gasteiger charge is -2.42. The molecule has 4 heterocycles. The molecular weight excluding hydrogens is 1560 g/mol. The van der Waals surface area contributed by atoms with Gasteiger partial charge >= 0.3 is 5.97 Å². The number of aliphatic hydroxyl groups is 9. The van der Waals surface area contributed by atoms with Crippen molar-refractivity contribution in [3.8, 4) is 5.75 Å². The third kappa shape index (κ3) is 32.3. The SMILES string of the molecule is CC(=O)N[C@H]1[C@@H](OCCCCCC(=O)NCCCNC(=O)CCC(CCC(=O)NCCCNC(=O)CCCCCO[C@H]2O[C@H](CO)[C@H](O)[C@H](O)[C@H]2NC(C)=O)(CCC(=O)NCCCNC(=O)CCCCCO[C@H]2O[C@H](CO)[C@H](O)[C@H](O)[C@H]2NC(C)=O)NC(=O)CCC(=O)Oc2ccc3ccc4c5cocc5ccc4c3c2)O[C@H](CO)[C@H](O)[C@@H]1O. The molecule has 3 aromatic carbocycles. The fourth-order valence-electron chi connectivity index (χ4n) is 14.3. The third-order valence-electron chi connectivity index (χ3n) is 20.9. The first kappa shape index (κ1) is 97.4. The summed E-state index contributed by atoms with van der Waals surface area (Å²) in [5.74, 6) is -4.71. The molecule has 0 radical (unpaired) electrons. The van der Waals surface area contributed by atoms with Gasteiger partial charge in [-0.3, -0.25) is 52.7 Å². The van der Waals surface area contributed by atoms with Crippen molar-refractivity contribution in [3.63, 3.8) is 0 Å². The van der Waals surface area contributed by atoms with Crippen molar-refractivity contribution in [2.24, 2.45) is 0 Å². The summed E-state index contributed by atoms with van der Waals surface area (Å²) in [6, 6.07) is 9.75. The molecule has 38 heteroatoms. The number of unbranched alkanes of at least 4 members (excludes halogenated alkanes) is 6. The highest BCUT2D eigenvalue weighted by Gasteiger charge is 2.48. The topological polar surface area (TPSA) is 568 Å². The number of fused-ring (bicyclic) bond motifs is 5. The Balaban J connectivity index is 0.924. The summed E-state index contributed by atoms with van der Waals surface area (Å²) in [6.07, 6.45) is -8.03. The van der Waals surface area contributed by atoms with Crippen LogP contribution in [0.4, 0.5) is 0 Å². The highest BCUT2D eigenvalue weighted by molar-refractivity contribution is 6.17. The minimum absolute atomic E-state index is 0.0914. The van der Waals surface area contributed by atoms with E-state index in [2.05, 4.69) is 53.2 Å². The Bertz CT molecular complexity index is 3670. The van der Waals surface area contributed by atoms with Gasteiger partial charge in [0.15, 0.2) is 18.9 Å². The molecule has 664 valence electrons. The van der Waals surface area contributed by atoms with Crippen LogP contribution in [0.25, 0.3) is 32.3 Å². The Morgan fingerprint density at radius 2 is 0.706 bits per heavy atom. The minimum atomic E-state index is -1.46. The van der Waals surface area contributed by atoms with Crippen molar-refractivity contribution >= 4 is 97.4 Å². The van der Waals surface area contributed by atoms with Gasteiger partial charge in [0.1, 0.15) is 78.8 Å².